The van der Waals surface area contributed by atoms with Crippen molar-refractivity contribution in [2.24, 2.45) is 0 Å². The van der Waals surface area contributed by atoms with Crippen LogP contribution in [0.25, 0.3) is 23.1 Å². The lowest BCUT2D eigenvalue weighted by molar-refractivity contribution is -0.138. The highest BCUT2D eigenvalue weighted by Crippen LogP contribution is 2.28. The summed E-state index contributed by atoms with van der Waals surface area (Å²) in [6.45, 7) is 0.532. The summed E-state index contributed by atoms with van der Waals surface area (Å²) in [6.07, 6.45) is 9.11. The van der Waals surface area contributed by atoms with Gasteiger partial charge in [0.1, 0.15) is 12.3 Å². The molecule has 42 heavy (non-hydrogen) atoms. The second kappa shape index (κ2) is 14.8. The zero-order chi connectivity index (χ0) is 29.9. The molecule has 0 unspecified atom stereocenters. The summed E-state index contributed by atoms with van der Waals surface area (Å²) in [7, 11) is 0. The third-order valence-corrected chi connectivity index (χ3v) is 6.72. The van der Waals surface area contributed by atoms with E-state index in [0.717, 1.165) is 33.7 Å². The van der Waals surface area contributed by atoms with Crippen molar-refractivity contribution in [2.75, 3.05) is 13.2 Å². The largest absolute Gasteiger partial charge is 0.494 e. The van der Waals surface area contributed by atoms with Gasteiger partial charge in [-0.25, -0.2) is 4.39 Å². The molecule has 1 aromatic heterocycles. The van der Waals surface area contributed by atoms with Gasteiger partial charge in [0.15, 0.2) is 11.6 Å². The van der Waals surface area contributed by atoms with Crippen LogP contribution >= 0.6 is 0 Å². The average Bonchev–Trinajstić information content (AvgIpc) is 3.31. The summed E-state index contributed by atoms with van der Waals surface area (Å²) < 4.78 is 39.7. The zero-order valence-corrected chi connectivity index (χ0v) is 23.1. The number of aliphatic carboxylic acids is 2. The Morgan fingerprint density at radius 1 is 0.810 bits per heavy atom. The lowest BCUT2D eigenvalue weighted by Crippen LogP contribution is -2.07. The van der Waals surface area contributed by atoms with Crippen LogP contribution in [-0.4, -0.2) is 39.9 Å². The van der Waals surface area contributed by atoms with Gasteiger partial charge in [0.2, 0.25) is 5.82 Å². The Bertz CT molecular complexity index is 1540. The first-order chi connectivity index (χ1) is 20.3. The Morgan fingerprint density at radius 2 is 1.55 bits per heavy atom. The Hall–Kier alpha value is -4.66. The molecule has 0 spiro atoms. The monoisotopic (exact) mass is 577 g/mol. The van der Waals surface area contributed by atoms with Crippen LogP contribution in [0.2, 0.25) is 0 Å². The fourth-order valence-corrected chi connectivity index (χ4v) is 4.69. The van der Waals surface area contributed by atoms with E-state index in [0.29, 0.717) is 44.5 Å². The number of unbranched alkanes of at least 4 members (excludes halogenated alkanes) is 2. The minimum Gasteiger partial charge on any atom is -0.494 e. The van der Waals surface area contributed by atoms with Crippen LogP contribution in [-0.2, 0) is 22.6 Å². The van der Waals surface area contributed by atoms with Crippen molar-refractivity contribution in [3.8, 4) is 11.5 Å². The number of hydrogen-bond donors (Lipinski definition) is 2. The third-order valence-electron chi connectivity index (χ3n) is 6.72. The molecule has 0 aliphatic rings. The van der Waals surface area contributed by atoms with Crippen LogP contribution in [0.3, 0.4) is 0 Å². The summed E-state index contributed by atoms with van der Waals surface area (Å²) in [5.41, 5.74) is 3.65. The highest BCUT2D eigenvalue weighted by atomic mass is 19.2. The van der Waals surface area contributed by atoms with Crippen molar-refractivity contribution >= 4 is 35.0 Å². The molecule has 0 saturated heterocycles. The molecule has 220 valence electrons. The molecule has 2 N–H and O–H groups in total. The van der Waals surface area contributed by atoms with E-state index in [1.165, 1.54) is 12.1 Å². The number of aromatic nitrogens is 1. The van der Waals surface area contributed by atoms with E-state index < -0.39 is 23.6 Å². The fourth-order valence-electron chi connectivity index (χ4n) is 4.69. The minimum atomic E-state index is -0.983. The first-order valence-corrected chi connectivity index (χ1v) is 13.8. The van der Waals surface area contributed by atoms with Crippen LogP contribution < -0.4 is 9.47 Å². The van der Waals surface area contributed by atoms with E-state index in [1.807, 2.05) is 60.8 Å². The van der Waals surface area contributed by atoms with Crippen molar-refractivity contribution in [3.63, 3.8) is 0 Å². The number of hydrogen-bond acceptors (Lipinski definition) is 4. The van der Waals surface area contributed by atoms with Gasteiger partial charge in [0.05, 0.1) is 18.7 Å². The maximum Gasteiger partial charge on any atom is 0.323 e. The van der Waals surface area contributed by atoms with Crippen LogP contribution in [0, 0.1) is 11.6 Å². The number of aryl methyl sites for hydroxylation is 1. The van der Waals surface area contributed by atoms with Crippen molar-refractivity contribution in [3.05, 3.63) is 95.2 Å². The number of carboxylic acids is 2. The maximum absolute atomic E-state index is 13.6. The summed E-state index contributed by atoms with van der Waals surface area (Å²) >= 11 is 0. The first kappa shape index (κ1) is 30.3. The number of ether oxygens (including phenoxy) is 2. The standard InChI is InChI=1S/C33H33F2NO6/c34-28-10-6-11-29(32(28)35)42-20-4-3-19-41-26-17-14-23(15-18-26)13-16-24-8-5-9-27-25(7-1-2-12-30(37)38)21-36(33(24)27)22-31(39)40/h5-6,8-11,13-18,21H,1-4,7,12,19-20,22H2,(H,37,38)(H,39,40). The molecular weight excluding hydrogens is 544 g/mol. The van der Waals surface area contributed by atoms with E-state index >= 15 is 0 Å². The van der Waals surface area contributed by atoms with Crippen LogP contribution in [0.15, 0.2) is 66.9 Å². The summed E-state index contributed by atoms with van der Waals surface area (Å²) in [5, 5.41) is 19.3. The molecule has 0 saturated carbocycles. The lowest BCUT2D eigenvalue weighted by atomic mass is 10.0. The second-order valence-corrected chi connectivity index (χ2v) is 9.88. The topological polar surface area (TPSA) is 98.0 Å². The molecule has 0 aliphatic carbocycles. The lowest BCUT2D eigenvalue weighted by Gasteiger charge is -2.09. The van der Waals surface area contributed by atoms with Gasteiger partial charge in [0, 0.05) is 18.0 Å². The normalized spacial score (nSPS) is 11.3. The van der Waals surface area contributed by atoms with Gasteiger partial charge >= 0.3 is 11.9 Å². The fraction of sp³-hybridized carbons (Fsp3) is 0.273. The Kier molecular flexibility index (Phi) is 10.7. The zero-order valence-electron chi connectivity index (χ0n) is 23.1. The van der Waals surface area contributed by atoms with Crippen molar-refractivity contribution in [2.45, 2.75) is 45.1 Å². The molecular formula is C33H33F2NO6. The predicted octanol–water partition coefficient (Wildman–Crippen LogP) is 7.21. The Morgan fingerprint density at radius 3 is 2.29 bits per heavy atom. The van der Waals surface area contributed by atoms with Gasteiger partial charge in [-0.15, -0.1) is 0 Å². The summed E-state index contributed by atoms with van der Waals surface area (Å²) in [5.74, 6) is -3.07. The number of nitrogens with zero attached hydrogens (tertiary/aromatic N) is 1. The van der Waals surface area contributed by atoms with Gasteiger partial charge in [-0.2, -0.15) is 4.39 Å². The molecule has 0 fully saturated rings. The number of carboxylic acid groups (broad SMARTS) is 2. The van der Waals surface area contributed by atoms with Crippen LogP contribution in [0.1, 0.15) is 48.8 Å². The number of halogens is 2. The molecule has 4 rings (SSSR count). The van der Waals surface area contributed by atoms with Crippen molar-refractivity contribution in [1.29, 1.82) is 0 Å². The first-order valence-electron chi connectivity index (χ1n) is 13.8. The SMILES string of the molecule is O=C(O)CCCCc1cn(CC(=O)O)c2c(C=Cc3ccc(OCCCCOc4cccc(F)c4F)cc3)cccc12. The van der Waals surface area contributed by atoms with E-state index in [2.05, 4.69) is 0 Å². The third kappa shape index (κ3) is 8.42. The van der Waals surface area contributed by atoms with E-state index in [-0.39, 0.29) is 25.3 Å². The van der Waals surface area contributed by atoms with Gasteiger partial charge in [-0.3, -0.25) is 9.59 Å². The number of benzene rings is 3. The number of rotatable bonds is 16. The summed E-state index contributed by atoms with van der Waals surface area (Å²) in [4.78, 5) is 22.4. The molecule has 9 heteroatoms. The number of carbonyl (C=O) groups is 2. The molecule has 0 aliphatic heterocycles. The molecule has 4 aromatic rings. The maximum atomic E-state index is 13.6. The van der Waals surface area contributed by atoms with Gasteiger partial charge < -0.3 is 24.3 Å². The molecule has 0 amide bonds. The minimum absolute atomic E-state index is 0.0979. The molecule has 1 heterocycles. The van der Waals surface area contributed by atoms with Gasteiger partial charge in [0.25, 0.3) is 0 Å². The Balaban J connectivity index is 1.33. The molecule has 3 aromatic carbocycles. The van der Waals surface area contributed by atoms with E-state index in [4.69, 9.17) is 14.6 Å². The second-order valence-electron chi connectivity index (χ2n) is 9.88. The van der Waals surface area contributed by atoms with Crippen molar-refractivity contribution in [1.82, 2.24) is 4.57 Å². The smallest absolute Gasteiger partial charge is 0.323 e. The predicted molar refractivity (Wildman–Crippen MR) is 157 cm³/mol. The average molecular weight is 578 g/mol. The summed E-state index contributed by atoms with van der Waals surface area (Å²) in [6, 6.07) is 17.3. The molecule has 0 atom stereocenters. The molecule has 7 nitrogen and oxygen atoms in total. The van der Waals surface area contributed by atoms with E-state index in [9.17, 15) is 23.5 Å². The Labute approximate surface area is 242 Å². The quantitative estimate of drug-likeness (QED) is 0.108. The van der Waals surface area contributed by atoms with Crippen LogP contribution in [0.4, 0.5) is 8.78 Å². The van der Waals surface area contributed by atoms with E-state index in [1.54, 1.807) is 4.57 Å². The molecule has 0 bridgehead atoms. The van der Waals surface area contributed by atoms with Gasteiger partial charge in [-0.1, -0.05) is 48.6 Å². The highest BCUT2D eigenvalue weighted by Gasteiger charge is 2.13. The van der Waals surface area contributed by atoms with Crippen LogP contribution in [0.5, 0.6) is 11.5 Å². The highest BCUT2D eigenvalue weighted by molar-refractivity contribution is 5.94. The number of fused-ring (bicyclic) bond motifs is 1. The van der Waals surface area contributed by atoms with Gasteiger partial charge in [-0.05, 0) is 73.1 Å². The molecule has 0 radical (unpaired) electrons. The number of para-hydroxylation sites is 1. The van der Waals surface area contributed by atoms with Crippen molar-refractivity contribution < 1.29 is 38.1 Å².